The Bertz CT molecular complexity index is 1790. The highest BCUT2D eigenvalue weighted by atomic mass is 32.2. The highest BCUT2D eigenvalue weighted by Crippen LogP contribution is 2.44. The molecule has 1 aliphatic rings. The van der Waals surface area contributed by atoms with Crippen LogP contribution in [0, 0.1) is 6.92 Å². The minimum Gasteiger partial charge on any atom is -0.497 e. The van der Waals surface area contributed by atoms with E-state index in [1.807, 2.05) is 97.9 Å². The Kier molecular flexibility index (Phi) is 7.39. The maximum Gasteiger partial charge on any atom is 0.264 e. The molecule has 6 nitrogen and oxygen atoms in total. The predicted octanol–water partition coefficient (Wildman–Crippen LogP) is 7.54. The zero-order valence-electron chi connectivity index (χ0n) is 23.0. The number of rotatable bonds is 5. The molecule has 0 amide bonds. The number of ether oxygens (including phenoxy) is 2. The van der Waals surface area contributed by atoms with Gasteiger partial charge in [-0.15, -0.1) is 0 Å². The van der Waals surface area contributed by atoms with E-state index in [0.717, 1.165) is 22.3 Å². The quantitative estimate of drug-likeness (QED) is 0.220. The van der Waals surface area contributed by atoms with Crippen molar-refractivity contribution in [3.8, 4) is 5.75 Å². The van der Waals surface area contributed by atoms with E-state index in [2.05, 4.69) is 0 Å². The summed E-state index contributed by atoms with van der Waals surface area (Å²) in [5.74, 6) is 1.05. The average molecular weight is 566 g/mol. The third-order valence-corrected chi connectivity index (χ3v) is 9.18. The molecule has 0 unspecified atom stereocenters. The number of fused-ring (bicyclic) bond motifs is 3. The van der Waals surface area contributed by atoms with Gasteiger partial charge in [0.2, 0.25) is 0 Å². The van der Waals surface area contributed by atoms with E-state index >= 15 is 0 Å². The molecule has 5 aromatic rings. The lowest BCUT2D eigenvalue weighted by molar-refractivity contribution is 0.0710. The molecule has 208 valence electrons. The summed E-state index contributed by atoms with van der Waals surface area (Å²) in [6.45, 7) is 2.48. The number of hydrogen-bond acceptors (Lipinski definition) is 5. The van der Waals surface area contributed by atoms with Crippen LogP contribution < -0.4 is 9.04 Å². The molecular weight excluding hydrogens is 534 g/mol. The Hall–Kier alpha value is -4.33. The van der Waals surface area contributed by atoms with Crippen LogP contribution in [0.2, 0.25) is 0 Å². The second kappa shape index (κ2) is 11.3. The summed E-state index contributed by atoms with van der Waals surface area (Å²) in [4.78, 5) is 0.209. The Morgan fingerprint density at radius 3 is 2.29 bits per heavy atom. The molecule has 0 aliphatic carbocycles. The van der Waals surface area contributed by atoms with Crippen LogP contribution >= 0.6 is 0 Å². The molecule has 7 heteroatoms. The molecule has 0 saturated heterocycles. The van der Waals surface area contributed by atoms with E-state index in [1.54, 1.807) is 25.3 Å². The molecule has 0 N–H and O–H groups in total. The predicted molar refractivity (Wildman–Crippen MR) is 162 cm³/mol. The smallest absolute Gasteiger partial charge is 0.264 e. The lowest BCUT2D eigenvalue weighted by atomic mass is 10.0. The fraction of sp³-hybridized carbons (Fsp3) is 0.176. The lowest BCUT2D eigenvalue weighted by Gasteiger charge is -2.28. The normalized spacial score (nSPS) is 17.5. The Balaban J connectivity index is 1.62. The Morgan fingerprint density at radius 2 is 1.59 bits per heavy atom. The summed E-state index contributed by atoms with van der Waals surface area (Å²) in [7, 11) is -2.41. The molecule has 1 aliphatic heterocycles. The van der Waals surface area contributed by atoms with Crippen molar-refractivity contribution in [3.05, 3.63) is 132 Å². The molecule has 1 atom stereocenters. The highest BCUT2D eigenvalue weighted by Gasteiger charge is 2.35. The Labute approximate surface area is 240 Å². The van der Waals surface area contributed by atoms with Crippen molar-refractivity contribution < 1.29 is 22.3 Å². The minimum atomic E-state index is -4.01. The third-order valence-electron chi connectivity index (χ3n) is 7.40. The first-order chi connectivity index (χ1) is 20.0. The molecule has 0 bridgehead atoms. The van der Waals surface area contributed by atoms with Gasteiger partial charge in [-0.1, -0.05) is 84.4 Å². The minimum absolute atomic E-state index is 0.121. The van der Waals surface area contributed by atoms with Crippen LogP contribution in [0.25, 0.3) is 16.5 Å². The van der Waals surface area contributed by atoms with Crippen molar-refractivity contribution in [2.75, 3.05) is 24.6 Å². The van der Waals surface area contributed by atoms with Crippen LogP contribution in [0.3, 0.4) is 0 Å². The van der Waals surface area contributed by atoms with E-state index in [1.165, 1.54) is 4.31 Å². The van der Waals surface area contributed by atoms with Crippen molar-refractivity contribution >= 4 is 32.3 Å². The molecule has 0 spiro atoms. The Morgan fingerprint density at radius 1 is 0.878 bits per heavy atom. The number of methoxy groups -OCH3 is 1. The first kappa shape index (κ1) is 26.9. The number of anilines is 1. The summed E-state index contributed by atoms with van der Waals surface area (Å²) in [5.41, 5.74) is 4.88. The van der Waals surface area contributed by atoms with Gasteiger partial charge in [0.15, 0.2) is 5.76 Å². The number of hydrogen-bond donors (Lipinski definition) is 0. The van der Waals surface area contributed by atoms with Crippen LogP contribution in [-0.4, -0.2) is 28.7 Å². The topological polar surface area (TPSA) is 69.0 Å². The molecule has 41 heavy (non-hydrogen) atoms. The van der Waals surface area contributed by atoms with E-state index < -0.39 is 16.1 Å². The molecular formula is C34H31NO5S. The van der Waals surface area contributed by atoms with Gasteiger partial charge in [0.05, 0.1) is 25.2 Å². The molecule has 4 aromatic carbocycles. The van der Waals surface area contributed by atoms with Gasteiger partial charge in [0.25, 0.3) is 10.0 Å². The van der Waals surface area contributed by atoms with Gasteiger partial charge in [0, 0.05) is 11.5 Å². The van der Waals surface area contributed by atoms with Gasteiger partial charge in [-0.25, -0.2) is 8.42 Å². The van der Waals surface area contributed by atoms with Gasteiger partial charge >= 0.3 is 0 Å². The van der Waals surface area contributed by atoms with Crippen molar-refractivity contribution in [1.29, 1.82) is 0 Å². The first-order valence-electron chi connectivity index (χ1n) is 13.6. The molecule has 6 rings (SSSR count). The molecule has 1 aromatic heterocycles. The summed E-state index contributed by atoms with van der Waals surface area (Å²) in [5, 5.41) is 0.663. The average Bonchev–Trinajstić information content (AvgIpc) is 3.37. The van der Waals surface area contributed by atoms with Crippen LogP contribution in [-0.2, 0) is 14.8 Å². The summed E-state index contributed by atoms with van der Waals surface area (Å²) < 4.78 is 48.9. The second-order valence-corrected chi connectivity index (χ2v) is 11.9. The highest BCUT2D eigenvalue weighted by molar-refractivity contribution is 7.92. The largest absolute Gasteiger partial charge is 0.497 e. The van der Waals surface area contributed by atoms with Gasteiger partial charge in [0.1, 0.15) is 23.1 Å². The maximum atomic E-state index is 14.5. The number of benzene rings is 4. The number of sulfonamides is 1. The zero-order valence-corrected chi connectivity index (χ0v) is 23.8. The standard InChI is InChI=1S/C34H31NO5S/c1-24-13-16-29(17-14-24)41(36,37)35-21-19-26(25-9-5-3-6-10-25)20-22-39-33(27-11-7-4-8-12-27)34-32(35)30-18-15-28(38-2)23-31(30)40-34/h3-19,23,33H,20-22H2,1-2H3/b26-19+/t33-/m1/s1. The van der Waals surface area contributed by atoms with Crippen molar-refractivity contribution in [3.63, 3.8) is 0 Å². The molecule has 0 fully saturated rings. The number of furan rings is 1. The summed E-state index contributed by atoms with van der Waals surface area (Å²) in [6.07, 6.45) is 1.96. The monoisotopic (exact) mass is 565 g/mol. The lowest BCUT2D eigenvalue weighted by Crippen LogP contribution is -2.33. The second-order valence-electron chi connectivity index (χ2n) is 10.0. The third kappa shape index (κ3) is 5.26. The van der Waals surface area contributed by atoms with Crippen molar-refractivity contribution in [1.82, 2.24) is 0 Å². The fourth-order valence-corrected chi connectivity index (χ4v) is 6.67. The fourth-order valence-electron chi connectivity index (χ4n) is 5.24. The van der Waals surface area contributed by atoms with E-state index in [9.17, 15) is 8.42 Å². The number of nitrogens with zero attached hydrogens (tertiary/aromatic N) is 1. The van der Waals surface area contributed by atoms with Crippen LogP contribution in [0.4, 0.5) is 5.69 Å². The summed E-state index contributed by atoms with van der Waals surface area (Å²) in [6, 6.07) is 32.2. The van der Waals surface area contributed by atoms with Gasteiger partial charge < -0.3 is 13.9 Å². The van der Waals surface area contributed by atoms with E-state index in [0.29, 0.717) is 41.2 Å². The van der Waals surface area contributed by atoms with Crippen LogP contribution in [0.5, 0.6) is 5.75 Å². The van der Waals surface area contributed by atoms with Crippen molar-refractivity contribution in [2.45, 2.75) is 24.3 Å². The first-order valence-corrected chi connectivity index (χ1v) is 15.0. The van der Waals surface area contributed by atoms with Gasteiger partial charge in [-0.3, -0.25) is 4.31 Å². The van der Waals surface area contributed by atoms with E-state index in [-0.39, 0.29) is 11.4 Å². The zero-order chi connectivity index (χ0) is 28.4. The van der Waals surface area contributed by atoms with Crippen molar-refractivity contribution in [2.24, 2.45) is 0 Å². The molecule has 0 radical (unpaired) electrons. The number of aryl methyl sites for hydroxylation is 1. The van der Waals surface area contributed by atoms with Gasteiger partial charge in [-0.05, 0) is 54.3 Å². The molecule has 2 heterocycles. The van der Waals surface area contributed by atoms with E-state index in [4.69, 9.17) is 13.9 Å². The maximum absolute atomic E-state index is 14.5. The molecule has 0 saturated carbocycles. The van der Waals surface area contributed by atoms with Crippen LogP contribution in [0.1, 0.15) is 35.0 Å². The van der Waals surface area contributed by atoms with Crippen LogP contribution in [0.15, 0.2) is 119 Å². The SMILES string of the molecule is COc1ccc2c3c(oc2c1)[C@@H](c1ccccc1)OCC/C(c1ccccc1)=C\CN3S(=O)(=O)c1ccc(C)cc1. The summed E-state index contributed by atoms with van der Waals surface area (Å²) >= 11 is 0. The van der Waals surface area contributed by atoms with Gasteiger partial charge in [-0.2, -0.15) is 0 Å².